The van der Waals surface area contributed by atoms with Crippen molar-refractivity contribution >= 4 is 28.1 Å². The van der Waals surface area contributed by atoms with Crippen LogP contribution in [0.25, 0.3) is 0 Å². The van der Waals surface area contributed by atoms with Crippen LogP contribution in [0.4, 0.5) is 0 Å². The maximum Gasteiger partial charge on any atom is 0.166 e. The molecule has 2 unspecified atom stereocenters. The zero-order valence-electron chi connectivity index (χ0n) is 10.8. The quantitative estimate of drug-likeness (QED) is 0.753. The van der Waals surface area contributed by atoms with Crippen molar-refractivity contribution in [1.29, 1.82) is 0 Å². The second-order valence-corrected chi connectivity index (χ2v) is 6.88. The molecule has 0 aromatic carbocycles. The van der Waals surface area contributed by atoms with E-state index in [2.05, 4.69) is 17.6 Å². The van der Waals surface area contributed by atoms with Gasteiger partial charge in [-0.3, -0.25) is 4.21 Å². The summed E-state index contributed by atoms with van der Waals surface area (Å²) in [5.41, 5.74) is 0. The SMILES string of the molecule is CC(CCS(C)=O)NC(=S)NC1CCCCC1. The standard InChI is InChI=1S/C12H24N2OS2/c1-10(8-9-17(2)15)13-12(16)14-11-6-4-3-5-7-11/h10-11H,3-9H2,1-2H3,(H2,13,14,16). The summed E-state index contributed by atoms with van der Waals surface area (Å²) < 4.78 is 11.0. The van der Waals surface area contributed by atoms with Gasteiger partial charge < -0.3 is 10.6 Å². The molecule has 1 aliphatic rings. The molecule has 0 radical (unpaired) electrons. The van der Waals surface area contributed by atoms with Gasteiger partial charge in [0.1, 0.15) is 0 Å². The highest BCUT2D eigenvalue weighted by Crippen LogP contribution is 2.17. The molecule has 0 aliphatic heterocycles. The molecule has 2 N–H and O–H groups in total. The van der Waals surface area contributed by atoms with E-state index in [1.165, 1.54) is 32.1 Å². The third-order valence-corrected chi connectivity index (χ3v) is 4.20. The Labute approximate surface area is 113 Å². The highest BCUT2D eigenvalue weighted by molar-refractivity contribution is 7.84. The number of nitrogens with one attached hydrogen (secondary N) is 2. The second kappa shape index (κ2) is 8.03. The molecule has 1 aliphatic carbocycles. The number of rotatable bonds is 5. The van der Waals surface area contributed by atoms with E-state index in [-0.39, 0.29) is 0 Å². The van der Waals surface area contributed by atoms with Crippen molar-refractivity contribution in [2.75, 3.05) is 12.0 Å². The molecule has 0 saturated heterocycles. The summed E-state index contributed by atoms with van der Waals surface area (Å²) in [4.78, 5) is 0. The largest absolute Gasteiger partial charge is 0.360 e. The van der Waals surface area contributed by atoms with Gasteiger partial charge in [0.05, 0.1) is 0 Å². The van der Waals surface area contributed by atoms with Gasteiger partial charge in [0.2, 0.25) is 0 Å². The maximum absolute atomic E-state index is 11.0. The molecule has 0 amide bonds. The van der Waals surface area contributed by atoms with Gasteiger partial charge >= 0.3 is 0 Å². The van der Waals surface area contributed by atoms with Gasteiger partial charge in [0.25, 0.3) is 0 Å². The average molecular weight is 276 g/mol. The number of hydrogen-bond acceptors (Lipinski definition) is 2. The first kappa shape index (κ1) is 14.9. The lowest BCUT2D eigenvalue weighted by molar-refractivity contribution is 0.410. The van der Waals surface area contributed by atoms with Crippen LogP contribution in [-0.2, 0) is 10.8 Å². The summed E-state index contributed by atoms with van der Waals surface area (Å²) in [7, 11) is -0.711. The molecule has 100 valence electrons. The zero-order chi connectivity index (χ0) is 12.7. The van der Waals surface area contributed by atoms with Crippen LogP contribution in [0.1, 0.15) is 45.4 Å². The van der Waals surface area contributed by atoms with Crippen LogP contribution < -0.4 is 10.6 Å². The summed E-state index contributed by atoms with van der Waals surface area (Å²) in [5, 5.41) is 7.41. The van der Waals surface area contributed by atoms with Gasteiger partial charge in [0, 0.05) is 34.9 Å². The lowest BCUT2D eigenvalue weighted by Crippen LogP contribution is -2.46. The van der Waals surface area contributed by atoms with E-state index < -0.39 is 10.8 Å². The number of hydrogen-bond donors (Lipinski definition) is 2. The summed E-state index contributed by atoms with van der Waals surface area (Å²) in [6.07, 6.45) is 9.08. The molecule has 2 atom stereocenters. The van der Waals surface area contributed by atoms with Crippen LogP contribution >= 0.6 is 12.2 Å². The molecule has 1 rings (SSSR count). The van der Waals surface area contributed by atoms with Crippen LogP contribution in [0.2, 0.25) is 0 Å². The van der Waals surface area contributed by atoms with E-state index in [1.54, 1.807) is 6.26 Å². The Morgan fingerprint density at radius 2 is 2.06 bits per heavy atom. The highest BCUT2D eigenvalue weighted by Gasteiger charge is 2.14. The van der Waals surface area contributed by atoms with Gasteiger partial charge in [-0.1, -0.05) is 19.3 Å². The van der Waals surface area contributed by atoms with Crippen LogP contribution in [0.3, 0.4) is 0 Å². The minimum absolute atomic E-state index is 0.294. The summed E-state index contributed by atoms with van der Waals surface area (Å²) in [6.45, 7) is 2.09. The average Bonchev–Trinajstić information content (AvgIpc) is 2.27. The Hall–Kier alpha value is -0.160. The number of thiocarbonyl (C=S) groups is 1. The summed E-state index contributed by atoms with van der Waals surface area (Å²) >= 11 is 5.29. The molecule has 0 heterocycles. The normalized spacial score (nSPS) is 20.6. The Kier molecular flexibility index (Phi) is 7.04. The first-order chi connectivity index (χ1) is 8.08. The Bertz CT molecular complexity index is 265. The predicted octanol–water partition coefficient (Wildman–Crippen LogP) is 1.94. The first-order valence-corrected chi connectivity index (χ1v) is 8.58. The molecule has 0 bridgehead atoms. The van der Waals surface area contributed by atoms with Crippen molar-refractivity contribution in [2.45, 2.75) is 57.5 Å². The van der Waals surface area contributed by atoms with Crippen molar-refractivity contribution in [3.63, 3.8) is 0 Å². The fourth-order valence-corrected chi connectivity index (χ4v) is 3.17. The molecule has 0 aromatic heterocycles. The van der Waals surface area contributed by atoms with Gasteiger partial charge in [-0.2, -0.15) is 0 Å². The Morgan fingerprint density at radius 3 is 2.65 bits per heavy atom. The van der Waals surface area contributed by atoms with Crippen molar-refractivity contribution in [2.24, 2.45) is 0 Å². The van der Waals surface area contributed by atoms with Gasteiger partial charge in [-0.05, 0) is 38.4 Å². The minimum atomic E-state index is -0.711. The second-order valence-electron chi connectivity index (χ2n) is 4.92. The molecular weight excluding hydrogens is 252 g/mol. The lowest BCUT2D eigenvalue weighted by atomic mass is 9.96. The van der Waals surface area contributed by atoms with E-state index in [9.17, 15) is 4.21 Å². The monoisotopic (exact) mass is 276 g/mol. The van der Waals surface area contributed by atoms with Crippen LogP contribution in [0.15, 0.2) is 0 Å². The first-order valence-electron chi connectivity index (χ1n) is 6.45. The van der Waals surface area contributed by atoms with E-state index in [0.29, 0.717) is 12.1 Å². The van der Waals surface area contributed by atoms with Crippen molar-refractivity contribution in [1.82, 2.24) is 10.6 Å². The molecular formula is C12H24N2OS2. The van der Waals surface area contributed by atoms with Crippen molar-refractivity contribution < 1.29 is 4.21 Å². The molecule has 1 saturated carbocycles. The lowest BCUT2D eigenvalue weighted by Gasteiger charge is -2.25. The van der Waals surface area contributed by atoms with Crippen LogP contribution in [0, 0.1) is 0 Å². The smallest absolute Gasteiger partial charge is 0.166 e. The molecule has 0 spiro atoms. The predicted molar refractivity (Wildman–Crippen MR) is 78.8 cm³/mol. The van der Waals surface area contributed by atoms with Gasteiger partial charge in [0.15, 0.2) is 5.11 Å². The Balaban J connectivity index is 2.16. The van der Waals surface area contributed by atoms with E-state index in [4.69, 9.17) is 12.2 Å². The zero-order valence-corrected chi connectivity index (χ0v) is 12.5. The molecule has 3 nitrogen and oxygen atoms in total. The third-order valence-electron chi connectivity index (χ3n) is 3.16. The highest BCUT2D eigenvalue weighted by atomic mass is 32.2. The topological polar surface area (TPSA) is 41.1 Å². The molecule has 5 heteroatoms. The van der Waals surface area contributed by atoms with Crippen LogP contribution in [0.5, 0.6) is 0 Å². The summed E-state index contributed by atoms with van der Waals surface area (Å²) in [5.74, 6) is 0.736. The van der Waals surface area contributed by atoms with E-state index >= 15 is 0 Å². The van der Waals surface area contributed by atoms with Crippen molar-refractivity contribution in [3.8, 4) is 0 Å². The minimum Gasteiger partial charge on any atom is -0.360 e. The third kappa shape index (κ3) is 6.99. The molecule has 17 heavy (non-hydrogen) atoms. The van der Waals surface area contributed by atoms with Crippen molar-refractivity contribution in [3.05, 3.63) is 0 Å². The molecule has 1 fully saturated rings. The summed E-state index contributed by atoms with van der Waals surface area (Å²) in [6, 6.07) is 0.846. The maximum atomic E-state index is 11.0. The Morgan fingerprint density at radius 1 is 1.41 bits per heavy atom. The van der Waals surface area contributed by atoms with Gasteiger partial charge in [-0.25, -0.2) is 0 Å². The van der Waals surface area contributed by atoms with E-state index in [1.807, 2.05) is 0 Å². The molecule has 0 aromatic rings. The van der Waals surface area contributed by atoms with Gasteiger partial charge in [-0.15, -0.1) is 0 Å². The fourth-order valence-electron chi connectivity index (χ4n) is 2.11. The van der Waals surface area contributed by atoms with Crippen LogP contribution in [-0.4, -0.2) is 33.4 Å². The van der Waals surface area contributed by atoms with E-state index in [0.717, 1.165) is 17.3 Å². The fraction of sp³-hybridized carbons (Fsp3) is 0.917.